The number of nitrogens with zero attached hydrogens (tertiary/aromatic N) is 1. The maximum absolute atomic E-state index is 8.95. The number of methoxy groups -OCH3 is 1. The van der Waals surface area contributed by atoms with Gasteiger partial charge in [-0.3, -0.25) is 4.79 Å². The van der Waals surface area contributed by atoms with Crippen molar-refractivity contribution >= 4 is 6.47 Å². The molecule has 0 amide bonds. The number of likely N-dealkylation sites (tertiary alicyclic amines) is 1. The highest BCUT2D eigenvalue weighted by molar-refractivity contribution is 5.36. The molecule has 3 nitrogen and oxygen atoms in total. The molecule has 1 heterocycles. The third kappa shape index (κ3) is 4.67. The molecule has 0 saturated carbocycles. The molecule has 1 aliphatic rings. The van der Waals surface area contributed by atoms with Gasteiger partial charge in [0.25, 0.3) is 6.47 Å². The van der Waals surface area contributed by atoms with Gasteiger partial charge in [0.2, 0.25) is 0 Å². The van der Waals surface area contributed by atoms with E-state index in [-0.39, 0.29) is 0 Å². The molecule has 0 spiro atoms. The Labute approximate surface area is 116 Å². The van der Waals surface area contributed by atoms with Gasteiger partial charge in [-0.1, -0.05) is 44.2 Å². The SMILES string of the molecule is CCN1CCC(C)(c2ccccc2)CC1.COC=O. The van der Waals surface area contributed by atoms with Crippen LogP contribution in [-0.2, 0) is 14.9 Å². The second kappa shape index (κ2) is 7.95. The van der Waals surface area contributed by atoms with Crippen molar-refractivity contribution in [2.24, 2.45) is 0 Å². The lowest BCUT2D eigenvalue weighted by atomic mass is 9.74. The van der Waals surface area contributed by atoms with E-state index in [9.17, 15) is 0 Å². The molecule has 3 heteroatoms. The van der Waals surface area contributed by atoms with Crippen molar-refractivity contribution in [2.45, 2.75) is 32.1 Å². The normalized spacial score (nSPS) is 18.1. The first-order valence-corrected chi connectivity index (χ1v) is 6.90. The number of carbonyl (C=O) groups excluding carboxylic acids is 1. The van der Waals surface area contributed by atoms with Gasteiger partial charge in [-0.15, -0.1) is 0 Å². The first-order valence-electron chi connectivity index (χ1n) is 6.90. The van der Waals surface area contributed by atoms with Crippen molar-refractivity contribution in [3.63, 3.8) is 0 Å². The van der Waals surface area contributed by atoms with Gasteiger partial charge in [0.1, 0.15) is 0 Å². The lowest BCUT2D eigenvalue weighted by Gasteiger charge is -2.39. The molecule has 0 bridgehead atoms. The average molecular weight is 263 g/mol. The number of rotatable bonds is 3. The predicted octanol–water partition coefficient (Wildman–Crippen LogP) is 2.85. The summed E-state index contributed by atoms with van der Waals surface area (Å²) in [7, 11) is 1.31. The lowest BCUT2D eigenvalue weighted by molar-refractivity contribution is -0.126. The summed E-state index contributed by atoms with van der Waals surface area (Å²) in [5, 5.41) is 0. The molecule has 0 atom stereocenters. The molecular formula is C16H25NO2. The van der Waals surface area contributed by atoms with Gasteiger partial charge < -0.3 is 9.64 Å². The fourth-order valence-electron chi connectivity index (χ4n) is 2.49. The second-order valence-electron chi connectivity index (χ2n) is 5.19. The number of ether oxygens (including phenoxy) is 1. The Hall–Kier alpha value is -1.35. The summed E-state index contributed by atoms with van der Waals surface area (Å²) in [6.45, 7) is 8.75. The number of hydrogen-bond acceptors (Lipinski definition) is 3. The minimum Gasteiger partial charge on any atom is -0.471 e. The highest BCUT2D eigenvalue weighted by Crippen LogP contribution is 2.34. The first-order chi connectivity index (χ1) is 9.16. The lowest BCUT2D eigenvalue weighted by Crippen LogP contribution is -2.40. The van der Waals surface area contributed by atoms with Crippen LogP contribution in [0, 0.1) is 0 Å². The zero-order valence-electron chi connectivity index (χ0n) is 12.3. The largest absolute Gasteiger partial charge is 0.471 e. The third-order valence-corrected chi connectivity index (χ3v) is 3.97. The molecule has 0 radical (unpaired) electrons. The minimum atomic E-state index is 0.375. The molecule has 0 aliphatic carbocycles. The summed E-state index contributed by atoms with van der Waals surface area (Å²) < 4.78 is 3.86. The van der Waals surface area contributed by atoms with Crippen LogP contribution >= 0.6 is 0 Å². The Kier molecular flexibility index (Phi) is 6.57. The van der Waals surface area contributed by atoms with E-state index in [0.29, 0.717) is 11.9 Å². The summed E-state index contributed by atoms with van der Waals surface area (Å²) >= 11 is 0. The van der Waals surface area contributed by atoms with Crippen LogP contribution in [-0.4, -0.2) is 38.1 Å². The number of carbonyl (C=O) groups is 1. The van der Waals surface area contributed by atoms with Crippen LogP contribution in [0.4, 0.5) is 0 Å². The van der Waals surface area contributed by atoms with Gasteiger partial charge in [0, 0.05) is 0 Å². The topological polar surface area (TPSA) is 29.5 Å². The van der Waals surface area contributed by atoms with Crippen LogP contribution in [0.1, 0.15) is 32.3 Å². The molecule has 0 aromatic heterocycles. The number of hydrogen-bond donors (Lipinski definition) is 0. The molecule has 0 unspecified atom stereocenters. The van der Waals surface area contributed by atoms with E-state index in [1.807, 2.05) is 0 Å². The standard InChI is InChI=1S/C14H21N.C2H4O2/c1-3-15-11-9-14(2,10-12-15)13-7-5-4-6-8-13;1-4-2-3/h4-8H,3,9-12H2,1-2H3;2H,1H3. The van der Waals surface area contributed by atoms with Crippen molar-refractivity contribution in [3.8, 4) is 0 Å². The van der Waals surface area contributed by atoms with Crippen LogP contribution in [0.3, 0.4) is 0 Å². The van der Waals surface area contributed by atoms with E-state index < -0.39 is 0 Å². The maximum Gasteiger partial charge on any atom is 0.292 e. The maximum atomic E-state index is 8.95. The van der Waals surface area contributed by atoms with Gasteiger partial charge in [0.05, 0.1) is 7.11 Å². The Morgan fingerprint density at radius 3 is 2.21 bits per heavy atom. The van der Waals surface area contributed by atoms with E-state index in [1.165, 1.54) is 45.1 Å². The zero-order chi connectivity index (χ0) is 14.1. The fourth-order valence-corrected chi connectivity index (χ4v) is 2.49. The van der Waals surface area contributed by atoms with Crippen LogP contribution in [0.15, 0.2) is 30.3 Å². The van der Waals surface area contributed by atoms with Crippen molar-refractivity contribution in [2.75, 3.05) is 26.7 Å². The zero-order valence-corrected chi connectivity index (χ0v) is 12.3. The monoisotopic (exact) mass is 263 g/mol. The van der Waals surface area contributed by atoms with E-state index in [1.54, 1.807) is 0 Å². The highest BCUT2D eigenvalue weighted by atomic mass is 16.5. The Bertz CT molecular complexity index is 356. The molecule has 1 aliphatic heterocycles. The summed E-state index contributed by atoms with van der Waals surface area (Å²) in [5.41, 5.74) is 1.92. The number of piperidine rings is 1. The summed E-state index contributed by atoms with van der Waals surface area (Å²) in [6, 6.07) is 11.0. The quantitative estimate of drug-likeness (QED) is 0.785. The molecule has 19 heavy (non-hydrogen) atoms. The van der Waals surface area contributed by atoms with Crippen LogP contribution in [0.25, 0.3) is 0 Å². The van der Waals surface area contributed by atoms with Gasteiger partial charge in [0.15, 0.2) is 0 Å². The van der Waals surface area contributed by atoms with Crippen LogP contribution in [0.5, 0.6) is 0 Å². The molecule has 2 rings (SSSR count). The molecular weight excluding hydrogens is 238 g/mol. The van der Waals surface area contributed by atoms with E-state index in [0.717, 1.165) is 0 Å². The predicted molar refractivity (Wildman–Crippen MR) is 78.2 cm³/mol. The fraction of sp³-hybridized carbons (Fsp3) is 0.562. The Balaban J connectivity index is 0.000000399. The molecule has 1 fully saturated rings. The first kappa shape index (κ1) is 15.7. The van der Waals surface area contributed by atoms with E-state index in [4.69, 9.17) is 4.79 Å². The molecule has 1 aromatic carbocycles. The number of benzene rings is 1. The molecule has 0 N–H and O–H groups in total. The van der Waals surface area contributed by atoms with Crippen LogP contribution < -0.4 is 0 Å². The Morgan fingerprint density at radius 2 is 1.79 bits per heavy atom. The average Bonchev–Trinajstić information content (AvgIpc) is 2.49. The molecule has 1 aromatic rings. The van der Waals surface area contributed by atoms with Crippen molar-refractivity contribution in [1.82, 2.24) is 4.90 Å². The Morgan fingerprint density at radius 1 is 1.26 bits per heavy atom. The van der Waals surface area contributed by atoms with Crippen LogP contribution in [0.2, 0.25) is 0 Å². The van der Waals surface area contributed by atoms with E-state index >= 15 is 0 Å². The van der Waals surface area contributed by atoms with Gasteiger partial charge >= 0.3 is 0 Å². The summed E-state index contributed by atoms with van der Waals surface area (Å²) in [4.78, 5) is 11.5. The summed E-state index contributed by atoms with van der Waals surface area (Å²) in [5.74, 6) is 0. The molecule has 1 saturated heterocycles. The molecule has 106 valence electrons. The van der Waals surface area contributed by atoms with Crippen molar-refractivity contribution < 1.29 is 9.53 Å². The third-order valence-electron chi connectivity index (χ3n) is 3.97. The van der Waals surface area contributed by atoms with Gasteiger partial charge in [-0.25, -0.2) is 0 Å². The van der Waals surface area contributed by atoms with Crippen molar-refractivity contribution in [3.05, 3.63) is 35.9 Å². The minimum absolute atomic E-state index is 0.375. The highest BCUT2D eigenvalue weighted by Gasteiger charge is 2.30. The van der Waals surface area contributed by atoms with Gasteiger partial charge in [-0.05, 0) is 43.5 Å². The van der Waals surface area contributed by atoms with Gasteiger partial charge in [-0.2, -0.15) is 0 Å². The van der Waals surface area contributed by atoms with Crippen molar-refractivity contribution in [1.29, 1.82) is 0 Å². The smallest absolute Gasteiger partial charge is 0.292 e. The summed E-state index contributed by atoms with van der Waals surface area (Å²) in [6.07, 6.45) is 2.59. The second-order valence-corrected chi connectivity index (χ2v) is 5.19. The van der Waals surface area contributed by atoms with E-state index in [2.05, 4.69) is 53.8 Å².